The largest absolute Gasteiger partial charge is 0.379 e. The van der Waals surface area contributed by atoms with Crippen molar-refractivity contribution in [1.29, 1.82) is 0 Å². The lowest BCUT2D eigenvalue weighted by atomic mass is 9.91. The first kappa shape index (κ1) is 34.2. The van der Waals surface area contributed by atoms with Crippen molar-refractivity contribution >= 4 is 28.5 Å². The highest BCUT2D eigenvalue weighted by Gasteiger charge is 2.26. The van der Waals surface area contributed by atoms with Gasteiger partial charge in [0.15, 0.2) is 5.58 Å². The lowest BCUT2D eigenvalue weighted by Crippen LogP contribution is -2.41. The van der Waals surface area contributed by atoms with E-state index < -0.39 is 0 Å². The second-order valence-corrected chi connectivity index (χ2v) is 13.2. The Bertz CT molecular complexity index is 1750. The molecule has 1 amide bonds. The molecule has 0 unspecified atom stereocenters. The topological polar surface area (TPSA) is 106 Å². The Balaban J connectivity index is 0.000000191. The summed E-state index contributed by atoms with van der Waals surface area (Å²) in [6.45, 7) is 10.5. The summed E-state index contributed by atoms with van der Waals surface area (Å²) >= 11 is 5.77. The van der Waals surface area contributed by atoms with Crippen molar-refractivity contribution in [2.45, 2.75) is 57.9 Å². The molecule has 12 heteroatoms. The molecule has 4 aromatic rings. The molecule has 0 atom stereocenters. The van der Waals surface area contributed by atoms with Crippen molar-refractivity contribution in [2.24, 2.45) is 0 Å². The minimum absolute atomic E-state index is 0.0556. The molecule has 3 aliphatic heterocycles. The van der Waals surface area contributed by atoms with E-state index in [2.05, 4.69) is 20.3 Å². The Morgan fingerprint density at radius 3 is 2.52 bits per heavy atom. The third-order valence-electron chi connectivity index (χ3n) is 9.62. The Morgan fingerprint density at radius 1 is 1.00 bits per heavy atom. The van der Waals surface area contributed by atoms with Gasteiger partial charge in [0.05, 0.1) is 18.9 Å². The van der Waals surface area contributed by atoms with Gasteiger partial charge in [-0.1, -0.05) is 16.8 Å². The number of piperidine rings is 1. The molecule has 1 N–H and O–H groups in total. The number of nitrogens with zero attached hydrogens (tertiary/aromatic N) is 5. The van der Waals surface area contributed by atoms with Crippen molar-refractivity contribution in [3.8, 4) is 0 Å². The number of morpholine rings is 1. The summed E-state index contributed by atoms with van der Waals surface area (Å²) in [5, 5.41) is 8.69. The van der Waals surface area contributed by atoms with E-state index >= 15 is 0 Å². The number of amides is 1. The van der Waals surface area contributed by atoms with Crippen molar-refractivity contribution in [3.63, 3.8) is 0 Å². The van der Waals surface area contributed by atoms with Gasteiger partial charge in [0.2, 0.25) is 0 Å². The van der Waals surface area contributed by atoms with E-state index in [9.17, 15) is 14.0 Å². The molecule has 48 heavy (non-hydrogen) atoms. The molecule has 2 saturated heterocycles. The number of carbonyl (C=O) groups is 1. The van der Waals surface area contributed by atoms with Crippen LogP contribution in [0.5, 0.6) is 0 Å². The van der Waals surface area contributed by atoms with Gasteiger partial charge in [-0.05, 0) is 88.5 Å². The van der Waals surface area contributed by atoms with E-state index in [0.717, 1.165) is 126 Å². The van der Waals surface area contributed by atoms with Gasteiger partial charge in [0.25, 0.3) is 11.5 Å². The molecule has 2 fully saturated rings. The number of hydrogen-bond acceptors (Lipinski definition) is 8. The number of fused-ring (bicyclic) bond motifs is 2. The van der Waals surface area contributed by atoms with Crippen LogP contribution < -0.4 is 10.9 Å². The van der Waals surface area contributed by atoms with Crippen LogP contribution in [0.25, 0.3) is 11.0 Å². The van der Waals surface area contributed by atoms with Crippen LogP contribution in [-0.2, 0) is 24.1 Å². The number of benzene rings is 2. The summed E-state index contributed by atoms with van der Waals surface area (Å²) in [5.74, 6) is 0.918. The first-order chi connectivity index (χ1) is 23.4. The number of rotatable bonds is 8. The van der Waals surface area contributed by atoms with Crippen LogP contribution in [0.15, 0.2) is 51.8 Å². The Morgan fingerprint density at radius 2 is 1.75 bits per heavy atom. The zero-order valence-electron chi connectivity index (χ0n) is 27.6. The Kier molecular flexibility index (Phi) is 11.5. The molecule has 2 aromatic carbocycles. The van der Waals surface area contributed by atoms with Crippen LogP contribution in [-0.4, -0.2) is 89.4 Å². The minimum atomic E-state index is -0.303. The van der Waals surface area contributed by atoms with Gasteiger partial charge in [-0.15, -0.1) is 0 Å². The molecule has 7 rings (SSSR count). The molecule has 0 saturated carbocycles. The minimum Gasteiger partial charge on any atom is -0.379 e. The standard InChI is InChI=1S/C23H27FN4O2.C13H17ClN2O2/c1-15-18(23(29)28-10-3-2-4-21(28)25-15)9-13-27-11-7-16(8-12-27)22-19-6-5-17(24)14-20(19)30-26-22;14-12-3-1-11(2-4-12)13(17)15-5-6-16-7-9-18-10-8-16/h5-6,14,16H,2-4,7-13H2,1H3;1-4H,5-10H2,(H,15,17). The molecule has 10 nitrogen and oxygen atoms in total. The molecular formula is C36H44ClFN6O4. The van der Waals surface area contributed by atoms with E-state index in [1.54, 1.807) is 30.3 Å². The molecule has 0 bridgehead atoms. The smallest absolute Gasteiger partial charge is 0.256 e. The summed E-state index contributed by atoms with van der Waals surface area (Å²) in [7, 11) is 0. The third kappa shape index (κ3) is 8.49. The van der Waals surface area contributed by atoms with Crippen LogP contribution >= 0.6 is 11.6 Å². The van der Waals surface area contributed by atoms with Gasteiger partial charge >= 0.3 is 0 Å². The Labute approximate surface area is 285 Å². The molecule has 5 heterocycles. The predicted molar refractivity (Wildman–Crippen MR) is 183 cm³/mol. The van der Waals surface area contributed by atoms with Crippen molar-refractivity contribution in [2.75, 3.05) is 59.0 Å². The average Bonchev–Trinajstić information content (AvgIpc) is 3.52. The molecule has 2 aromatic heterocycles. The highest BCUT2D eigenvalue weighted by molar-refractivity contribution is 6.30. The zero-order chi connectivity index (χ0) is 33.5. The summed E-state index contributed by atoms with van der Waals surface area (Å²) < 4.78 is 25.9. The maximum Gasteiger partial charge on any atom is 0.256 e. The van der Waals surface area contributed by atoms with E-state index in [1.807, 2.05) is 11.5 Å². The summed E-state index contributed by atoms with van der Waals surface area (Å²) in [6.07, 6.45) is 5.81. The van der Waals surface area contributed by atoms with Crippen molar-refractivity contribution in [3.05, 3.63) is 92.0 Å². The maximum absolute atomic E-state index is 13.4. The van der Waals surface area contributed by atoms with E-state index in [-0.39, 0.29) is 17.3 Å². The van der Waals surface area contributed by atoms with Crippen molar-refractivity contribution < 1.29 is 18.4 Å². The van der Waals surface area contributed by atoms with Crippen molar-refractivity contribution in [1.82, 2.24) is 29.8 Å². The van der Waals surface area contributed by atoms with E-state index in [4.69, 9.17) is 25.8 Å². The predicted octanol–water partition coefficient (Wildman–Crippen LogP) is 4.99. The SMILES string of the molecule is Cc1nc2n(c(=O)c1CCN1CCC(c3noc4cc(F)ccc34)CC1)CCCC2.O=C(NCCN1CCOCC1)c1ccc(Cl)cc1. The number of ether oxygens (including phenoxy) is 1. The highest BCUT2D eigenvalue weighted by Crippen LogP contribution is 2.32. The number of nitrogens with one attached hydrogen (secondary N) is 1. The number of aryl methyl sites for hydroxylation is 2. The monoisotopic (exact) mass is 678 g/mol. The first-order valence-electron chi connectivity index (χ1n) is 17.1. The van der Waals surface area contributed by atoms with Crippen LogP contribution in [0.3, 0.4) is 0 Å². The summed E-state index contributed by atoms with van der Waals surface area (Å²) in [4.78, 5) is 34.1. The molecule has 0 radical (unpaired) electrons. The van der Waals surface area contributed by atoms with Crippen LogP contribution in [0, 0.1) is 12.7 Å². The number of halogens is 2. The van der Waals surface area contributed by atoms with E-state index in [0.29, 0.717) is 28.6 Å². The fourth-order valence-corrected chi connectivity index (χ4v) is 6.93. The zero-order valence-corrected chi connectivity index (χ0v) is 28.3. The van der Waals surface area contributed by atoms with Crippen LogP contribution in [0.4, 0.5) is 4.39 Å². The normalized spacial score (nSPS) is 17.5. The second-order valence-electron chi connectivity index (χ2n) is 12.8. The highest BCUT2D eigenvalue weighted by atomic mass is 35.5. The molecular weight excluding hydrogens is 635 g/mol. The molecule has 3 aliphatic rings. The summed E-state index contributed by atoms with van der Waals surface area (Å²) in [6, 6.07) is 11.5. The van der Waals surface area contributed by atoms with E-state index in [1.165, 1.54) is 12.1 Å². The number of hydrogen-bond donors (Lipinski definition) is 1. The first-order valence-corrected chi connectivity index (χ1v) is 17.4. The van der Waals surface area contributed by atoms with Gasteiger partial charge in [0, 0.05) is 84.9 Å². The summed E-state index contributed by atoms with van der Waals surface area (Å²) in [5.41, 5.74) is 4.02. The van der Waals surface area contributed by atoms with Crippen LogP contribution in [0.2, 0.25) is 5.02 Å². The third-order valence-corrected chi connectivity index (χ3v) is 9.87. The molecule has 0 aliphatic carbocycles. The van der Waals surface area contributed by atoms with Gasteiger partial charge in [0.1, 0.15) is 11.6 Å². The van der Waals surface area contributed by atoms with Crippen LogP contribution in [0.1, 0.15) is 64.7 Å². The van der Waals surface area contributed by atoms with Gasteiger partial charge in [-0.3, -0.25) is 19.1 Å². The van der Waals surface area contributed by atoms with Gasteiger partial charge in [-0.2, -0.15) is 0 Å². The number of likely N-dealkylation sites (tertiary alicyclic amines) is 1. The second kappa shape index (κ2) is 16.2. The molecule has 0 spiro atoms. The quantitative estimate of drug-likeness (QED) is 0.278. The maximum atomic E-state index is 13.4. The lowest BCUT2D eigenvalue weighted by molar-refractivity contribution is 0.0383. The van der Waals surface area contributed by atoms with Gasteiger partial charge in [-0.25, -0.2) is 9.37 Å². The number of carbonyl (C=O) groups excluding carboxylic acids is 1. The lowest BCUT2D eigenvalue weighted by Gasteiger charge is -2.31. The fraction of sp³-hybridized carbons (Fsp3) is 0.500. The fourth-order valence-electron chi connectivity index (χ4n) is 6.80. The molecule has 256 valence electrons. The average molecular weight is 679 g/mol. The Hall–Kier alpha value is -3.64. The number of aromatic nitrogens is 3. The van der Waals surface area contributed by atoms with Gasteiger partial charge < -0.3 is 19.5 Å².